The van der Waals surface area contributed by atoms with Crippen molar-refractivity contribution in [2.24, 2.45) is 0 Å². The summed E-state index contributed by atoms with van der Waals surface area (Å²) < 4.78 is 29.5. The Hall–Kier alpha value is -3.12. The van der Waals surface area contributed by atoms with E-state index in [2.05, 4.69) is 24.8 Å². The van der Waals surface area contributed by atoms with Crippen molar-refractivity contribution in [3.05, 3.63) is 66.0 Å². The second kappa shape index (κ2) is 10.7. The van der Waals surface area contributed by atoms with Crippen LogP contribution < -0.4 is 9.46 Å². The third-order valence-corrected chi connectivity index (χ3v) is 5.79. The summed E-state index contributed by atoms with van der Waals surface area (Å²) >= 11 is -2.33. The van der Waals surface area contributed by atoms with E-state index in [1.54, 1.807) is 4.90 Å². The summed E-state index contributed by atoms with van der Waals surface area (Å²) in [5.74, 6) is 1.60. The van der Waals surface area contributed by atoms with Crippen LogP contribution in [0.1, 0.15) is 17.4 Å². The van der Waals surface area contributed by atoms with Crippen LogP contribution in [-0.2, 0) is 22.6 Å². The summed E-state index contributed by atoms with van der Waals surface area (Å²) in [7, 11) is 2.00. The van der Waals surface area contributed by atoms with E-state index in [-0.39, 0.29) is 25.1 Å². The summed E-state index contributed by atoms with van der Waals surface area (Å²) in [4.78, 5) is 21.5. The van der Waals surface area contributed by atoms with E-state index in [0.29, 0.717) is 30.5 Å². The number of aromatic nitrogens is 3. The van der Waals surface area contributed by atoms with Crippen LogP contribution in [0.2, 0.25) is 0 Å². The highest BCUT2D eigenvalue weighted by atomic mass is 32.2. The van der Waals surface area contributed by atoms with Crippen molar-refractivity contribution in [2.75, 3.05) is 33.3 Å². The molecule has 0 radical (unpaired) electrons. The van der Waals surface area contributed by atoms with Crippen molar-refractivity contribution >= 4 is 17.2 Å². The molecule has 1 aromatic heterocycles. The number of benzene rings is 2. The van der Waals surface area contributed by atoms with Crippen LogP contribution in [-0.4, -0.2) is 72.9 Å². The SMILES string of the molecule is CN1CCN(C(=O)COc2ccccc2)C(c2nc(-c3cccc(CNS(=O)[O-])c3)n[nH]2)C1. The molecule has 2 unspecified atom stereocenters. The Bertz CT molecular complexity index is 1110. The Morgan fingerprint density at radius 2 is 2.06 bits per heavy atom. The first-order valence-electron chi connectivity index (χ1n) is 10.5. The summed E-state index contributed by atoms with van der Waals surface area (Å²) in [5.41, 5.74) is 1.54. The maximum Gasteiger partial charge on any atom is 0.261 e. The van der Waals surface area contributed by atoms with Gasteiger partial charge >= 0.3 is 0 Å². The molecule has 10 nitrogen and oxygen atoms in total. The maximum absolute atomic E-state index is 13.0. The molecule has 1 fully saturated rings. The number of H-pyrrole nitrogens is 1. The van der Waals surface area contributed by atoms with Crippen molar-refractivity contribution < 1.29 is 18.3 Å². The molecule has 2 N–H and O–H groups in total. The van der Waals surface area contributed by atoms with Gasteiger partial charge in [0.15, 0.2) is 12.4 Å². The summed E-state index contributed by atoms with van der Waals surface area (Å²) in [6.07, 6.45) is 0. The van der Waals surface area contributed by atoms with Gasteiger partial charge in [0.1, 0.15) is 17.6 Å². The quantitative estimate of drug-likeness (QED) is 0.476. The molecule has 11 heteroatoms. The molecule has 0 bridgehead atoms. The first-order chi connectivity index (χ1) is 16.0. The summed E-state index contributed by atoms with van der Waals surface area (Å²) in [6, 6.07) is 16.3. The van der Waals surface area contributed by atoms with Gasteiger partial charge < -0.3 is 19.1 Å². The number of aromatic amines is 1. The minimum Gasteiger partial charge on any atom is -0.760 e. The first-order valence-corrected chi connectivity index (χ1v) is 11.6. The van der Waals surface area contributed by atoms with Crippen molar-refractivity contribution in [3.63, 3.8) is 0 Å². The normalized spacial score (nSPS) is 17.6. The van der Waals surface area contributed by atoms with Crippen LogP contribution in [0, 0.1) is 0 Å². The van der Waals surface area contributed by atoms with Gasteiger partial charge in [-0.25, -0.2) is 9.71 Å². The molecule has 174 valence electrons. The van der Waals surface area contributed by atoms with Crippen molar-refractivity contribution in [1.82, 2.24) is 29.7 Å². The largest absolute Gasteiger partial charge is 0.760 e. The van der Waals surface area contributed by atoms with Gasteiger partial charge in [0, 0.05) is 43.0 Å². The molecule has 1 amide bonds. The highest BCUT2D eigenvalue weighted by Gasteiger charge is 2.33. The second-order valence-corrected chi connectivity index (χ2v) is 8.53. The molecule has 33 heavy (non-hydrogen) atoms. The highest BCUT2D eigenvalue weighted by Crippen LogP contribution is 2.25. The monoisotopic (exact) mass is 469 g/mol. The lowest BCUT2D eigenvalue weighted by molar-refractivity contribution is -0.138. The maximum atomic E-state index is 13.0. The second-order valence-electron chi connectivity index (χ2n) is 7.77. The molecule has 2 aromatic carbocycles. The summed E-state index contributed by atoms with van der Waals surface area (Å²) in [5, 5.41) is 7.33. The standard InChI is InChI=1S/C22H26N6O4S/c1-27-10-11-28(20(29)15-32-18-8-3-2-4-9-18)19(14-27)22-24-21(25-26-22)17-7-5-6-16(12-17)13-23-33(30)31/h2-9,12,19,23H,10-11,13-15H2,1H3,(H,30,31)(H,24,25,26)/p-1. The molecule has 0 spiro atoms. The van der Waals surface area contributed by atoms with E-state index in [0.717, 1.165) is 17.7 Å². The minimum absolute atomic E-state index is 0.0542. The number of hydrogen-bond acceptors (Lipinski definition) is 7. The topological polar surface area (TPSA) is 127 Å². The van der Waals surface area contributed by atoms with Crippen LogP contribution >= 0.6 is 0 Å². The van der Waals surface area contributed by atoms with E-state index < -0.39 is 11.3 Å². The smallest absolute Gasteiger partial charge is 0.261 e. The van der Waals surface area contributed by atoms with Crippen LogP contribution in [0.25, 0.3) is 11.4 Å². The minimum atomic E-state index is -2.33. The number of nitrogens with one attached hydrogen (secondary N) is 2. The number of ether oxygens (including phenoxy) is 1. The Morgan fingerprint density at radius 1 is 1.24 bits per heavy atom. The van der Waals surface area contributed by atoms with Gasteiger partial charge in [0.25, 0.3) is 5.91 Å². The third-order valence-electron chi connectivity index (χ3n) is 5.41. The first kappa shape index (κ1) is 23.1. The third kappa shape index (κ3) is 6.02. The average molecular weight is 470 g/mol. The van der Waals surface area contributed by atoms with E-state index in [1.807, 2.05) is 61.6 Å². The van der Waals surface area contributed by atoms with E-state index in [9.17, 15) is 13.6 Å². The number of para-hydroxylation sites is 1. The molecular formula is C22H25N6O4S-. The fourth-order valence-corrected chi connectivity index (χ4v) is 4.00. The van der Waals surface area contributed by atoms with Crippen LogP contribution in [0.4, 0.5) is 0 Å². The molecule has 1 aliphatic rings. The number of nitrogens with zero attached hydrogens (tertiary/aromatic N) is 4. The molecule has 1 aliphatic heterocycles. The number of likely N-dealkylation sites (N-methyl/N-ethyl adjacent to an activating group) is 1. The van der Waals surface area contributed by atoms with Crippen molar-refractivity contribution in [2.45, 2.75) is 12.6 Å². The van der Waals surface area contributed by atoms with Crippen LogP contribution in [0.15, 0.2) is 54.6 Å². The molecule has 2 heterocycles. The number of hydrogen-bond donors (Lipinski definition) is 2. The lowest BCUT2D eigenvalue weighted by atomic mass is 10.1. The van der Waals surface area contributed by atoms with Gasteiger partial charge in [-0.15, -0.1) is 0 Å². The van der Waals surface area contributed by atoms with Crippen LogP contribution in [0.3, 0.4) is 0 Å². The average Bonchev–Trinajstić information content (AvgIpc) is 3.32. The van der Waals surface area contributed by atoms with Gasteiger partial charge in [-0.3, -0.25) is 14.1 Å². The molecule has 0 saturated carbocycles. The zero-order valence-electron chi connectivity index (χ0n) is 18.1. The highest BCUT2D eigenvalue weighted by molar-refractivity contribution is 7.77. The molecule has 2 atom stereocenters. The Labute approximate surface area is 194 Å². The molecular weight excluding hydrogens is 444 g/mol. The van der Waals surface area contributed by atoms with E-state index in [4.69, 9.17) is 4.74 Å². The number of amides is 1. The zero-order chi connectivity index (χ0) is 23.2. The Kier molecular flexibility index (Phi) is 7.45. The van der Waals surface area contributed by atoms with Gasteiger partial charge in [-0.2, -0.15) is 5.10 Å². The number of carbonyl (C=O) groups is 1. The molecule has 3 aromatic rings. The molecule has 0 aliphatic carbocycles. The number of piperazine rings is 1. The predicted octanol–water partition coefficient (Wildman–Crippen LogP) is 1.25. The van der Waals surface area contributed by atoms with Gasteiger partial charge in [0.05, 0.1) is 0 Å². The number of rotatable bonds is 8. The lowest BCUT2D eigenvalue weighted by Gasteiger charge is -2.38. The Morgan fingerprint density at radius 3 is 2.85 bits per heavy atom. The molecule has 1 saturated heterocycles. The number of carbonyl (C=O) groups excluding carboxylic acids is 1. The van der Waals surface area contributed by atoms with Gasteiger partial charge in [0.2, 0.25) is 0 Å². The van der Waals surface area contributed by atoms with Crippen molar-refractivity contribution in [3.8, 4) is 17.1 Å². The Balaban J connectivity index is 1.49. The van der Waals surface area contributed by atoms with Crippen LogP contribution in [0.5, 0.6) is 5.75 Å². The predicted molar refractivity (Wildman–Crippen MR) is 121 cm³/mol. The molecule has 4 rings (SSSR count). The van der Waals surface area contributed by atoms with Gasteiger partial charge in [-0.1, -0.05) is 36.4 Å². The zero-order valence-corrected chi connectivity index (χ0v) is 19.0. The lowest BCUT2D eigenvalue weighted by Crippen LogP contribution is -2.50. The van der Waals surface area contributed by atoms with Crippen molar-refractivity contribution in [1.29, 1.82) is 0 Å². The van der Waals surface area contributed by atoms with E-state index >= 15 is 0 Å². The fraction of sp³-hybridized carbons (Fsp3) is 0.318. The fourth-order valence-electron chi connectivity index (χ4n) is 3.71. The summed E-state index contributed by atoms with van der Waals surface area (Å²) in [6.45, 7) is 2.05. The van der Waals surface area contributed by atoms with Gasteiger partial charge in [-0.05, 0) is 30.8 Å². The van der Waals surface area contributed by atoms with E-state index in [1.165, 1.54) is 0 Å².